The second-order valence-electron chi connectivity index (χ2n) is 6.62. The number of aliphatic carboxylic acids is 1. The highest BCUT2D eigenvalue weighted by atomic mass is 32.2. The first-order chi connectivity index (χ1) is 14.9. The van der Waals surface area contributed by atoms with Gasteiger partial charge in [0.25, 0.3) is 0 Å². The van der Waals surface area contributed by atoms with Crippen LogP contribution in [0, 0.1) is 0 Å². The number of nitrogens with zero attached hydrogens (tertiary/aromatic N) is 1. The van der Waals surface area contributed by atoms with E-state index in [1.807, 2.05) is 41.8 Å². The minimum atomic E-state index is -1.02. The number of nitrogens with one attached hydrogen (secondary N) is 2. The fourth-order valence-corrected chi connectivity index (χ4v) is 4.28. The third kappa shape index (κ3) is 6.94. The van der Waals surface area contributed by atoms with Crippen LogP contribution in [0.5, 0.6) is 0 Å². The highest BCUT2D eigenvalue weighted by molar-refractivity contribution is 8.00. The molecule has 0 saturated heterocycles. The van der Waals surface area contributed by atoms with Crippen LogP contribution in [-0.2, 0) is 14.4 Å². The molecule has 0 aliphatic heterocycles. The molecule has 0 fully saturated rings. The summed E-state index contributed by atoms with van der Waals surface area (Å²) in [5.41, 5.74) is 2.36. The third-order valence-corrected chi connectivity index (χ3v) is 6.02. The van der Waals surface area contributed by atoms with Gasteiger partial charge < -0.3 is 15.7 Å². The highest BCUT2D eigenvalue weighted by Crippen LogP contribution is 2.28. The van der Waals surface area contributed by atoms with Crippen molar-refractivity contribution in [3.63, 3.8) is 0 Å². The molecule has 0 bridgehead atoms. The molecule has 160 valence electrons. The number of hydrogen-bond donors (Lipinski definition) is 3. The Hall–Kier alpha value is -3.17. The Bertz CT molecular complexity index is 1070. The van der Waals surface area contributed by atoms with Gasteiger partial charge >= 0.3 is 5.97 Å². The second-order valence-corrected chi connectivity index (χ2v) is 8.90. The van der Waals surface area contributed by atoms with E-state index in [9.17, 15) is 14.4 Å². The summed E-state index contributed by atoms with van der Waals surface area (Å²) in [6.45, 7) is 1.80. The van der Waals surface area contributed by atoms with Gasteiger partial charge in [0.2, 0.25) is 11.8 Å². The fourth-order valence-electron chi connectivity index (χ4n) is 2.63. The molecule has 0 radical (unpaired) electrons. The van der Waals surface area contributed by atoms with Crippen molar-refractivity contribution in [1.82, 2.24) is 4.98 Å². The van der Waals surface area contributed by atoms with E-state index in [4.69, 9.17) is 5.11 Å². The molecule has 0 saturated carbocycles. The number of thioether (sulfide) groups is 1. The smallest absolute Gasteiger partial charge is 0.303 e. The molecule has 1 atom stereocenters. The lowest BCUT2D eigenvalue weighted by Gasteiger charge is -2.12. The molecular weight excluding hydrogens is 434 g/mol. The molecule has 7 nitrogen and oxygen atoms in total. The number of carbonyl (C=O) groups is 3. The highest BCUT2D eigenvalue weighted by Gasteiger charge is 2.17. The van der Waals surface area contributed by atoms with Crippen LogP contribution in [0.4, 0.5) is 10.8 Å². The van der Waals surface area contributed by atoms with E-state index in [1.54, 1.807) is 25.1 Å². The normalized spacial score (nSPS) is 11.5. The quantitative estimate of drug-likeness (QED) is 0.403. The van der Waals surface area contributed by atoms with Gasteiger partial charge in [-0.25, -0.2) is 4.98 Å². The number of carbonyl (C=O) groups excluding carboxylic acids is 2. The molecule has 3 aromatic rings. The maximum absolute atomic E-state index is 12.6. The zero-order chi connectivity index (χ0) is 22.2. The summed E-state index contributed by atoms with van der Waals surface area (Å²) in [6.07, 6.45) is -0.315. The average molecular weight is 456 g/mol. The molecule has 2 amide bonds. The van der Waals surface area contributed by atoms with Crippen molar-refractivity contribution in [2.24, 2.45) is 0 Å². The Labute approximate surface area is 187 Å². The number of amides is 2. The summed E-state index contributed by atoms with van der Waals surface area (Å²) in [5, 5.41) is 16.2. The van der Waals surface area contributed by atoms with E-state index in [0.717, 1.165) is 16.2 Å². The maximum Gasteiger partial charge on any atom is 0.303 e. The molecule has 9 heteroatoms. The summed E-state index contributed by atoms with van der Waals surface area (Å²) in [7, 11) is 0. The summed E-state index contributed by atoms with van der Waals surface area (Å²) in [5.74, 6) is -1.56. The lowest BCUT2D eigenvalue weighted by Crippen LogP contribution is -2.22. The van der Waals surface area contributed by atoms with E-state index in [0.29, 0.717) is 10.8 Å². The third-order valence-electron chi connectivity index (χ3n) is 4.17. The molecule has 1 unspecified atom stereocenters. The minimum Gasteiger partial charge on any atom is -0.481 e. The first-order valence-corrected chi connectivity index (χ1v) is 11.3. The first kappa shape index (κ1) is 22.5. The number of carboxylic acids is 1. The number of hydrogen-bond acceptors (Lipinski definition) is 6. The van der Waals surface area contributed by atoms with Crippen LogP contribution in [-0.4, -0.2) is 33.1 Å². The largest absolute Gasteiger partial charge is 0.481 e. The SMILES string of the molecule is CC(Sc1cccc(NC(=O)CCC(=O)O)c1)C(=O)Nc1nc(-c2ccccc2)cs1. The zero-order valence-corrected chi connectivity index (χ0v) is 18.3. The summed E-state index contributed by atoms with van der Waals surface area (Å²) in [4.78, 5) is 40.3. The molecule has 0 aliphatic rings. The first-order valence-electron chi connectivity index (χ1n) is 9.51. The van der Waals surface area contributed by atoms with Crippen LogP contribution in [0.15, 0.2) is 64.9 Å². The van der Waals surface area contributed by atoms with Gasteiger partial charge in [0.05, 0.1) is 17.4 Å². The summed E-state index contributed by atoms with van der Waals surface area (Å²) in [6, 6.07) is 16.8. The van der Waals surface area contributed by atoms with Gasteiger partial charge in [0.1, 0.15) is 0 Å². The number of aromatic nitrogens is 1. The van der Waals surface area contributed by atoms with Crippen LogP contribution in [0.3, 0.4) is 0 Å². The monoisotopic (exact) mass is 455 g/mol. The van der Waals surface area contributed by atoms with Crippen LogP contribution in [0.1, 0.15) is 19.8 Å². The number of rotatable bonds is 9. The van der Waals surface area contributed by atoms with E-state index in [2.05, 4.69) is 15.6 Å². The Morgan fingerprint density at radius 2 is 1.84 bits per heavy atom. The van der Waals surface area contributed by atoms with Crippen molar-refractivity contribution in [2.75, 3.05) is 10.6 Å². The van der Waals surface area contributed by atoms with Crippen LogP contribution in [0.2, 0.25) is 0 Å². The molecule has 1 heterocycles. The van der Waals surface area contributed by atoms with Gasteiger partial charge in [-0.1, -0.05) is 36.4 Å². The summed E-state index contributed by atoms with van der Waals surface area (Å²) >= 11 is 2.72. The summed E-state index contributed by atoms with van der Waals surface area (Å²) < 4.78 is 0. The fraction of sp³-hybridized carbons (Fsp3) is 0.182. The van der Waals surface area contributed by atoms with Crippen LogP contribution >= 0.6 is 23.1 Å². The molecule has 31 heavy (non-hydrogen) atoms. The number of anilines is 2. The second kappa shape index (κ2) is 10.7. The topological polar surface area (TPSA) is 108 Å². The Balaban J connectivity index is 1.55. The lowest BCUT2D eigenvalue weighted by atomic mass is 10.2. The molecular formula is C22H21N3O4S2. The van der Waals surface area contributed by atoms with Crippen molar-refractivity contribution in [1.29, 1.82) is 0 Å². The minimum absolute atomic E-state index is 0.0930. The number of benzene rings is 2. The van der Waals surface area contributed by atoms with E-state index >= 15 is 0 Å². The number of carboxylic acid groups (broad SMARTS) is 1. The van der Waals surface area contributed by atoms with Crippen molar-refractivity contribution >= 4 is 51.7 Å². The van der Waals surface area contributed by atoms with E-state index in [1.165, 1.54) is 23.1 Å². The molecule has 0 aliphatic carbocycles. The van der Waals surface area contributed by atoms with Gasteiger partial charge in [-0.15, -0.1) is 23.1 Å². The van der Waals surface area contributed by atoms with E-state index in [-0.39, 0.29) is 29.9 Å². The average Bonchev–Trinajstić information content (AvgIpc) is 3.21. The molecule has 2 aromatic carbocycles. The molecule has 0 spiro atoms. The zero-order valence-electron chi connectivity index (χ0n) is 16.7. The van der Waals surface area contributed by atoms with Crippen molar-refractivity contribution in [2.45, 2.75) is 29.9 Å². The Morgan fingerprint density at radius 1 is 1.06 bits per heavy atom. The van der Waals surface area contributed by atoms with Crippen LogP contribution in [0.25, 0.3) is 11.3 Å². The molecule has 3 N–H and O–H groups in total. The lowest BCUT2D eigenvalue weighted by molar-refractivity contribution is -0.138. The van der Waals surface area contributed by atoms with Gasteiger partial charge in [0.15, 0.2) is 5.13 Å². The molecule has 1 aromatic heterocycles. The van der Waals surface area contributed by atoms with Gasteiger partial charge in [-0.3, -0.25) is 14.4 Å². The standard InChI is InChI=1S/C22H21N3O4S2/c1-14(21(29)25-22-24-18(13-30-22)15-6-3-2-4-7-15)31-17-9-5-8-16(12-17)23-19(26)10-11-20(27)28/h2-9,12-14H,10-11H2,1H3,(H,23,26)(H,27,28)(H,24,25,29). The maximum atomic E-state index is 12.6. The molecule has 3 rings (SSSR count). The number of thiazole rings is 1. The Kier molecular flexibility index (Phi) is 7.80. The van der Waals surface area contributed by atoms with Gasteiger partial charge in [-0.05, 0) is 25.1 Å². The Morgan fingerprint density at radius 3 is 2.58 bits per heavy atom. The van der Waals surface area contributed by atoms with E-state index < -0.39 is 5.97 Å². The van der Waals surface area contributed by atoms with Crippen LogP contribution < -0.4 is 10.6 Å². The van der Waals surface area contributed by atoms with Crippen molar-refractivity contribution < 1.29 is 19.5 Å². The van der Waals surface area contributed by atoms with Crippen molar-refractivity contribution in [3.05, 3.63) is 60.0 Å². The predicted molar refractivity (Wildman–Crippen MR) is 123 cm³/mol. The van der Waals surface area contributed by atoms with Gasteiger partial charge in [0, 0.05) is 27.9 Å². The van der Waals surface area contributed by atoms with Gasteiger partial charge in [-0.2, -0.15) is 0 Å². The predicted octanol–water partition coefficient (Wildman–Crippen LogP) is 4.73. The van der Waals surface area contributed by atoms with Crippen molar-refractivity contribution in [3.8, 4) is 11.3 Å².